The zero-order chi connectivity index (χ0) is 14.5. The minimum atomic E-state index is 0.373. The molecule has 1 aromatic rings. The summed E-state index contributed by atoms with van der Waals surface area (Å²) in [7, 11) is 0. The van der Waals surface area contributed by atoms with Crippen LogP contribution in [0.5, 0.6) is 0 Å². The largest absolute Gasteiger partial charge is 0.316 e. The maximum atomic E-state index is 4.45. The van der Waals surface area contributed by atoms with Gasteiger partial charge in [0.05, 0.1) is 6.54 Å². The van der Waals surface area contributed by atoms with Crippen molar-refractivity contribution in [2.45, 2.75) is 59.2 Å². The van der Waals surface area contributed by atoms with E-state index in [-0.39, 0.29) is 0 Å². The molecule has 0 aliphatic carbocycles. The maximum Gasteiger partial charge on any atom is 0.141 e. The zero-order valence-electron chi connectivity index (χ0n) is 13.3. The first-order valence-electron chi connectivity index (χ1n) is 7.91. The quantitative estimate of drug-likeness (QED) is 0.866. The van der Waals surface area contributed by atoms with Crippen molar-refractivity contribution in [2.24, 2.45) is 5.92 Å². The molecule has 1 unspecified atom stereocenters. The van der Waals surface area contributed by atoms with E-state index >= 15 is 0 Å². The lowest BCUT2D eigenvalue weighted by atomic mass is 9.98. The summed E-state index contributed by atoms with van der Waals surface area (Å²) in [5.74, 6) is 1.85. The van der Waals surface area contributed by atoms with Crippen LogP contribution >= 0.6 is 0 Å². The Balaban J connectivity index is 1.99. The molecule has 1 fully saturated rings. The molecule has 0 spiro atoms. The molecular weight excluding hydrogens is 250 g/mol. The molecule has 1 aliphatic heterocycles. The topological polar surface area (TPSA) is 46.0 Å². The summed E-state index contributed by atoms with van der Waals surface area (Å²) >= 11 is 0. The van der Waals surface area contributed by atoms with Crippen LogP contribution in [0.3, 0.4) is 0 Å². The summed E-state index contributed by atoms with van der Waals surface area (Å²) in [6.07, 6.45) is 4.32. The fourth-order valence-electron chi connectivity index (χ4n) is 2.87. The molecule has 1 N–H and O–H groups in total. The van der Waals surface area contributed by atoms with Crippen LogP contribution in [0.4, 0.5) is 0 Å². The number of aromatic nitrogens is 3. The third-order valence-corrected chi connectivity index (χ3v) is 4.10. The molecule has 1 atom stereocenters. The van der Waals surface area contributed by atoms with E-state index in [0.717, 1.165) is 31.4 Å². The van der Waals surface area contributed by atoms with Gasteiger partial charge < -0.3 is 5.32 Å². The Morgan fingerprint density at radius 1 is 1.40 bits per heavy atom. The summed E-state index contributed by atoms with van der Waals surface area (Å²) in [4.78, 5) is 6.98. The third-order valence-electron chi connectivity index (χ3n) is 4.10. The van der Waals surface area contributed by atoms with E-state index in [0.29, 0.717) is 12.1 Å². The Morgan fingerprint density at radius 2 is 2.20 bits per heavy atom. The van der Waals surface area contributed by atoms with Gasteiger partial charge in [0.25, 0.3) is 0 Å². The Labute approximate surface area is 122 Å². The van der Waals surface area contributed by atoms with Gasteiger partial charge in [-0.25, -0.2) is 9.67 Å². The minimum Gasteiger partial charge on any atom is -0.316 e. The van der Waals surface area contributed by atoms with Gasteiger partial charge in [0.2, 0.25) is 0 Å². The van der Waals surface area contributed by atoms with Gasteiger partial charge in [-0.2, -0.15) is 5.10 Å². The van der Waals surface area contributed by atoms with Crippen LogP contribution in [-0.2, 0) is 6.54 Å². The molecule has 5 nitrogen and oxygen atoms in total. The molecular formula is C15H29N5. The maximum absolute atomic E-state index is 4.45. The van der Waals surface area contributed by atoms with Gasteiger partial charge in [0, 0.05) is 18.6 Å². The molecule has 0 saturated carbocycles. The Morgan fingerprint density at radius 3 is 2.80 bits per heavy atom. The highest BCUT2D eigenvalue weighted by Gasteiger charge is 2.21. The molecule has 1 aromatic heterocycles. The molecule has 5 heteroatoms. The Bertz CT molecular complexity index is 393. The minimum absolute atomic E-state index is 0.373. The standard InChI is InChI=1S/C15H29N5/c1-12(2)19(9-14-6-5-7-16-8-14)10-15-17-11-18-20(15)13(3)4/h11-14,16H,5-10H2,1-4H3. The molecule has 0 aromatic carbocycles. The van der Waals surface area contributed by atoms with Gasteiger partial charge in [0.15, 0.2) is 0 Å². The van der Waals surface area contributed by atoms with E-state index in [1.54, 1.807) is 6.33 Å². The molecule has 1 saturated heterocycles. The number of rotatable bonds is 6. The SMILES string of the molecule is CC(C)N(Cc1ncnn1C(C)C)CC1CCCNC1. The van der Waals surface area contributed by atoms with Crippen LogP contribution < -0.4 is 5.32 Å². The van der Waals surface area contributed by atoms with Gasteiger partial charge in [-0.15, -0.1) is 0 Å². The molecule has 2 heterocycles. The van der Waals surface area contributed by atoms with Crippen LogP contribution in [0.1, 0.15) is 52.4 Å². The molecule has 1 aliphatic rings. The summed E-state index contributed by atoms with van der Waals surface area (Å²) in [5.41, 5.74) is 0. The van der Waals surface area contributed by atoms with Crippen molar-refractivity contribution in [3.05, 3.63) is 12.2 Å². The van der Waals surface area contributed by atoms with Gasteiger partial charge in [-0.05, 0) is 59.5 Å². The first-order valence-corrected chi connectivity index (χ1v) is 7.91. The Kier molecular flexibility index (Phi) is 5.54. The molecule has 0 bridgehead atoms. The predicted octanol–water partition coefficient (Wildman–Crippen LogP) is 2.07. The highest BCUT2D eigenvalue weighted by molar-refractivity contribution is 4.88. The Hall–Kier alpha value is -0.940. The van der Waals surface area contributed by atoms with E-state index in [2.05, 4.69) is 48.0 Å². The number of nitrogens with zero attached hydrogens (tertiary/aromatic N) is 4. The van der Waals surface area contributed by atoms with Crippen LogP contribution in [0, 0.1) is 5.92 Å². The van der Waals surface area contributed by atoms with E-state index in [4.69, 9.17) is 0 Å². The monoisotopic (exact) mass is 279 g/mol. The van der Waals surface area contributed by atoms with Crippen molar-refractivity contribution < 1.29 is 0 Å². The van der Waals surface area contributed by atoms with E-state index < -0.39 is 0 Å². The average molecular weight is 279 g/mol. The van der Waals surface area contributed by atoms with Crippen LogP contribution in [0.2, 0.25) is 0 Å². The van der Waals surface area contributed by atoms with Crippen molar-refractivity contribution in [2.75, 3.05) is 19.6 Å². The normalized spacial score (nSPS) is 20.2. The smallest absolute Gasteiger partial charge is 0.141 e. The molecule has 20 heavy (non-hydrogen) atoms. The van der Waals surface area contributed by atoms with Crippen LogP contribution in [-0.4, -0.2) is 45.3 Å². The zero-order valence-corrected chi connectivity index (χ0v) is 13.3. The first kappa shape index (κ1) is 15.4. The summed E-state index contributed by atoms with van der Waals surface area (Å²) in [6, 6.07) is 0.909. The average Bonchev–Trinajstić information content (AvgIpc) is 2.87. The first-order chi connectivity index (χ1) is 9.58. The van der Waals surface area contributed by atoms with Crippen LogP contribution in [0.25, 0.3) is 0 Å². The second kappa shape index (κ2) is 7.18. The van der Waals surface area contributed by atoms with Crippen molar-refractivity contribution in [1.82, 2.24) is 25.0 Å². The van der Waals surface area contributed by atoms with Crippen molar-refractivity contribution >= 4 is 0 Å². The predicted molar refractivity (Wildman–Crippen MR) is 81.5 cm³/mol. The highest BCUT2D eigenvalue weighted by atomic mass is 15.4. The lowest BCUT2D eigenvalue weighted by molar-refractivity contribution is 0.157. The van der Waals surface area contributed by atoms with Gasteiger partial charge >= 0.3 is 0 Å². The van der Waals surface area contributed by atoms with Crippen molar-refractivity contribution in [3.63, 3.8) is 0 Å². The van der Waals surface area contributed by atoms with E-state index in [1.165, 1.54) is 19.4 Å². The second-order valence-electron chi connectivity index (χ2n) is 6.45. The fourth-order valence-corrected chi connectivity index (χ4v) is 2.87. The molecule has 0 amide bonds. The third kappa shape index (κ3) is 4.03. The molecule has 0 radical (unpaired) electrons. The lowest BCUT2D eigenvalue weighted by Gasteiger charge is -2.32. The van der Waals surface area contributed by atoms with Gasteiger partial charge in [0.1, 0.15) is 12.2 Å². The summed E-state index contributed by atoms with van der Waals surface area (Å²) in [5, 5.41) is 7.85. The molecule has 114 valence electrons. The number of hydrogen-bond donors (Lipinski definition) is 1. The fraction of sp³-hybridized carbons (Fsp3) is 0.867. The number of nitrogens with one attached hydrogen (secondary N) is 1. The summed E-state index contributed by atoms with van der Waals surface area (Å²) < 4.78 is 2.04. The second-order valence-corrected chi connectivity index (χ2v) is 6.45. The van der Waals surface area contributed by atoms with E-state index in [1.807, 2.05) is 4.68 Å². The van der Waals surface area contributed by atoms with Gasteiger partial charge in [-0.3, -0.25) is 4.90 Å². The number of hydrogen-bond acceptors (Lipinski definition) is 4. The highest BCUT2D eigenvalue weighted by Crippen LogP contribution is 2.16. The number of piperidine rings is 1. The van der Waals surface area contributed by atoms with Crippen LogP contribution in [0.15, 0.2) is 6.33 Å². The van der Waals surface area contributed by atoms with Crippen molar-refractivity contribution in [1.29, 1.82) is 0 Å². The van der Waals surface area contributed by atoms with Crippen molar-refractivity contribution in [3.8, 4) is 0 Å². The van der Waals surface area contributed by atoms with E-state index in [9.17, 15) is 0 Å². The van der Waals surface area contributed by atoms with Gasteiger partial charge in [-0.1, -0.05) is 0 Å². The lowest BCUT2D eigenvalue weighted by Crippen LogP contribution is -2.41. The molecule has 2 rings (SSSR count). The summed E-state index contributed by atoms with van der Waals surface area (Å²) in [6.45, 7) is 13.2.